The molecule has 4 rings (SSSR count). The van der Waals surface area contributed by atoms with Gasteiger partial charge >= 0.3 is 17.9 Å². The van der Waals surface area contributed by atoms with Crippen molar-refractivity contribution in [1.82, 2.24) is 0 Å². The second kappa shape index (κ2) is 12.7. The van der Waals surface area contributed by atoms with Crippen LogP contribution in [-0.4, -0.2) is 54.0 Å². The molecule has 0 saturated carbocycles. The summed E-state index contributed by atoms with van der Waals surface area (Å²) in [5.41, 5.74) is 2.53. The third-order valence-electron chi connectivity index (χ3n) is 6.20. The highest BCUT2D eigenvalue weighted by molar-refractivity contribution is 7.15. The summed E-state index contributed by atoms with van der Waals surface area (Å²) >= 11 is 8.23. The van der Waals surface area contributed by atoms with Crippen LogP contribution in [-0.2, 0) is 39.8 Å². The van der Waals surface area contributed by atoms with Crippen molar-refractivity contribution in [2.24, 2.45) is 0 Å². The molecule has 1 aliphatic rings. The van der Waals surface area contributed by atoms with Crippen LogP contribution < -0.4 is 0 Å². The molecular weight excluding hydrogens is 544 g/mol. The van der Waals surface area contributed by atoms with Crippen molar-refractivity contribution in [3.63, 3.8) is 0 Å². The third kappa shape index (κ3) is 7.05. The third-order valence-corrected chi connectivity index (χ3v) is 7.71. The predicted molar refractivity (Wildman–Crippen MR) is 145 cm³/mol. The highest BCUT2D eigenvalue weighted by Gasteiger charge is 2.52. The zero-order valence-electron chi connectivity index (χ0n) is 21.7. The molecule has 3 unspecified atom stereocenters. The van der Waals surface area contributed by atoms with Gasteiger partial charge in [0.1, 0.15) is 12.2 Å². The maximum Gasteiger partial charge on any atom is 0.303 e. The van der Waals surface area contributed by atoms with Gasteiger partial charge in [0.25, 0.3) is 0 Å². The number of ether oxygens (including phenoxy) is 4. The van der Waals surface area contributed by atoms with Gasteiger partial charge in [-0.25, -0.2) is 0 Å². The number of benzene rings is 2. The Morgan fingerprint density at radius 2 is 1.51 bits per heavy atom. The first kappa shape index (κ1) is 28.8. The second-order valence-corrected chi connectivity index (χ2v) is 10.7. The molecule has 8 nitrogen and oxygen atoms in total. The number of hydrogen-bond acceptors (Lipinski definition) is 9. The minimum absolute atomic E-state index is 0.531. The Kier molecular flexibility index (Phi) is 9.40. The molecule has 206 valence electrons. The van der Waals surface area contributed by atoms with Crippen LogP contribution in [0.3, 0.4) is 0 Å². The number of rotatable bonds is 8. The largest absolute Gasteiger partial charge is 0.456 e. The summed E-state index contributed by atoms with van der Waals surface area (Å²) < 4.78 is 22.5. The van der Waals surface area contributed by atoms with E-state index in [1.54, 1.807) is 23.5 Å². The molecular formula is C29H29ClO8S. The van der Waals surface area contributed by atoms with Crippen molar-refractivity contribution in [3.8, 4) is 10.4 Å². The number of esters is 3. The van der Waals surface area contributed by atoms with Crippen molar-refractivity contribution in [2.75, 3.05) is 6.61 Å². The maximum atomic E-state index is 12.1. The zero-order valence-corrected chi connectivity index (χ0v) is 23.2. The minimum atomic E-state index is -1.21. The summed E-state index contributed by atoms with van der Waals surface area (Å²) in [4.78, 5) is 38.1. The van der Waals surface area contributed by atoms with Gasteiger partial charge in [-0.3, -0.25) is 14.4 Å². The monoisotopic (exact) mass is 572 g/mol. The number of aliphatic hydroxyl groups excluding tert-OH is 1. The average molecular weight is 573 g/mol. The molecule has 0 bridgehead atoms. The van der Waals surface area contributed by atoms with Gasteiger partial charge in [-0.15, -0.1) is 11.3 Å². The van der Waals surface area contributed by atoms with Crippen LogP contribution >= 0.6 is 22.9 Å². The lowest BCUT2D eigenvalue weighted by Crippen LogP contribution is -2.59. The Balaban J connectivity index is 1.68. The van der Waals surface area contributed by atoms with Crippen molar-refractivity contribution in [1.29, 1.82) is 0 Å². The van der Waals surface area contributed by atoms with Gasteiger partial charge in [0, 0.05) is 42.0 Å². The number of hydrogen-bond donors (Lipinski definition) is 1. The van der Waals surface area contributed by atoms with E-state index >= 15 is 0 Å². The zero-order chi connectivity index (χ0) is 28.1. The highest BCUT2D eigenvalue weighted by Crippen LogP contribution is 2.39. The van der Waals surface area contributed by atoms with E-state index in [1.165, 1.54) is 20.8 Å². The number of halogens is 1. The van der Waals surface area contributed by atoms with Crippen molar-refractivity contribution in [3.05, 3.63) is 81.7 Å². The summed E-state index contributed by atoms with van der Waals surface area (Å²) in [6.07, 6.45) is -5.00. The van der Waals surface area contributed by atoms with Crippen molar-refractivity contribution < 1.29 is 38.4 Å². The molecule has 2 aromatic carbocycles. The van der Waals surface area contributed by atoms with Gasteiger partial charge in [-0.05, 0) is 34.9 Å². The highest BCUT2D eigenvalue weighted by atomic mass is 35.5. The van der Waals surface area contributed by atoms with Gasteiger partial charge in [0.2, 0.25) is 0 Å². The molecule has 10 heteroatoms. The fourth-order valence-electron chi connectivity index (χ4n) is 4.64. The molecule has 2 heterocycles. The minimum Gasteiger partial charge on any atom is -0.456 e. The predicted octanol–water partition coefficient (Wildman–Crippen LogP) is 4.89. The van der Waals surface area contributed by atoms with Gasteiger partial charge in [-0.1, -0.05) is 54.1 Å². The summed E-state index contributed by atoms with van der Waals surface area (Å²) in [7, 11) is 0. The molecule has 0 aliphatic carbocycles. The van der Waals surface area contributed by atoms with Gasteiger partial charge in [0.05, 0.1) is 6.61 Å². The van der Waals surface area contributed by atoms with Crippen molar-refractivity contribution >= 4 is 40.8 Å². The van der Waals surface area contributed by atoms with Crippen LogP contribution in [0, 0.1) is 0 Å². The number of thiophene rings is 1. The standard InChI is InChI=1S/C29H29ClO8S/c1-16(32)35-27-24(15-31)38-26(28(36-17(2)33)29(27)37-18(3)34)20-9-11-23(30)21(13-20)14-22-10-12-25(39-22)19-7-5-4-6-8-19/h4-13,24,26-29,31H,14-15H2,1-3H3/t24?,26?,27-,28+,29?/m1/s1. The molecule has 0 radical (unpaired) electrons. The molecule has 3 aromatic rings. The van der Waals surface area contributed by atoms with Crippen LogP contribution in [0.4, 0.5) is 0 Å². The van der Waals surface area contributed by atoms with Crippen molar-refractivity contribution in [2.45, 2.75) is 57.7 Å². The fraction of sp³-hybridized carbons (Fsp3) is 0.345. The van der Waals surface area contributed by atoms with E-state index in [4.69, 9.17) is 30.5 Å². The number of carbonyl (C=O) groups excluding carboxylic acids is 3. The maximum absolute atomic E-state index is 12.1. The molecule has 39 heavy (non-hydrogen) atoms. The summed E-state index contributed by atoms with van der Waals surface area (Å²) in [6, 6.07) is 19.5. The SMILES string of the molecule is CC(=O)OC1[C@H](OC(C)=O)C(CO)OC(c2ccc(Cl)c(Cc3ccc(-c4ccccc4)s3)c2)[C@@H]1OC(C)=O. The molecule has 0 amide bonds. The first-order valence-electron chi connectivity index (χ1n) is 12.4. The van der Waals surface area contributed by atoms with E-state index in [0.29, 0.717) is 17.0 Å². The quantitative estimate of drug-likeness (QED) is 0.300. The molecule has 1 aromatic heterocycles. The molecule has 1 aliphatic heterocycles. The van der Waals surface area contributed by atoms with E-state index in [1.807, 2.05) is 24.3 Å². The Labute approximate surface area is 235 Å². The Morgan fingerprint density at radius 3 is 2.15 bits per heavy atom. The second-order valence-electron chi connectivity index (χ2n) is 9.16. The topological polar surface area (TPSA) is 108 Å². The van der Waals surface area contributed by atoms with Crippen LogP contribution in [0.15, 0.2) is 60.7 Å². The fourth-order valence-corrected chi connectivity index (χ4v) is 5.86. The summed E-state index contributed by atoms with van der Waals surface area (Å²) in [5, 5.41) is 10.6. The first-order chi connectivity index (χ1) is 18.7. The van der Waals surface area contributed by atoms with Gasteiger partial charge in [-0.2, -0.15) is 0 Å². The van der Waals surface area contributed by atoms with Gasteiger partial charge < -0.3 is 24.1 Å². The molecule has 0 spiro atoms. The Morgan fingerprint density at radius 1 is 0.872 bits per heavy atom. The van der Waals surface area contributed by atoms with E-state index in [0.717, 1.165) is 20.9 Å². The average Bonchev–Trinajstić information content (AvgIpc) is 3.36. The van der Waals surface area contributed by atoms with Crippen LogP contribution in [0.2, 0.25) is 5.02 Å². The lowest BCUT2D eigenvalue weighted by molar-refractivity contribution is -0.253. The lowest BCUT2D eigenvalue weighted by atomic mass is 9.89. The van der Waals surface area contributed by atoms with E-state index < -0.39 is 55.0 Å². The van der Waals surface area contributed by atoms with Crippen LogP contribution in [0.5, 0.6) is 0 Å². The van der Waals surface area contributed by atoms with E-state index in [9.17, 15) is 19.5 Å². The molecule has 1 fully saturated rings. The molecule has 1 N–H and O–H groups in total. The van der Waals surface area contributed by atoms with E-state index in [-0.39, 0.29) is 0 Å². The molecule has 1 saturated heterocycles. The normalized spacial score (nSPS) is 22.6. The van der Waals surface area contributed by atoms with Gasteiger partial charge in [0.15, 0.2) is 18.3 Å². The molecule has 5 atom stereocenters. The number of aliphatic hydroxyl groups is 1. The first-order valence-corrected chi connectivity index (χ1v) is 13.6. The smallest absolute Gasteiger partial charge is 0.303 e. The Bertz CT molecular complexity index is 1320. The summed E-state index contributed by atoms with van der Waals surface area (Å²) in [5.74, 6) is -1.98. The van der Waals surface area contributed by atoms with Crippen LogP contribution in [0.1, 0.15) is 42.9 Å². The number of carbonyl (C=O) groups is 3. The Hall–Kier alpha value is -3.24. The summed E-state index contributed by atoms with van der Waals surface area (Å²) in [6.45, 7) is 3.07. The van der Waals surface area contributed by atoms with Crippen LogP contribution in [0.25, 0.3) is 10.4 Å². The lowest BCUT2D eigenvalue weighted by Gasteiger charge is -2.44. The van der Waals surface area contributed by atoms with E-state index in [2.05, 4.69) is 24.3 Å².